The highest BCUT2D eigenvalue weighted by Crippen LogP contribution is 2.37. The third kappa shape index (κ3) is 4.19. The van der Waals surface area contributed by atoms with E-state index in [0.29, 0.717) is 11.1 Å². The van der Waals surface area contributed by atoms with Crippen LogP contribution in [0.3, 0.4) is 0 Å². The highest BCUT2D eigenvalue weighted by atomic mass is 32.2. The van der Waals surface area contributed by atoms with E-state index < -0.39 is 42.7 Å². The Kier molecular flexibility index (Phi) is 5.94. The van der Waals surface area contributed by atoms with E-state index in [1.807, 2.05) is 0 Å². The molecular formula is C28H20O6S2. The lowest BCUT2D eigenvalue weighted by atomic mass is 9.84. The molecule has 0 saturated heterocycles. The van der Waals surface area contributed by atoms with Crippen LogP contribution in [0, 0.1) is 0 Å². The Morgan fingerprint density at radius 2 is 0.778 bits per heavy atom. The van der Waals surface area contributed by atoms with Gasteiger partial charge in [-0.3, -0.25) is 9.59 Å². The van der Waals surface area contributed by atoms with E-state index in [9.17, 15) is 26.4 Å². The molecule has 0 heterocycles. The number of rotatable bonds is 6. The van der Waals surface area contributed by atoms with Crippen LogP contribution in [0.25, 0.3) is 0 Å². The Bertz CT molecular complexity index is 1590. The summed E-state index contributed by atoms with van der Waals surface area (Å²) in [5, 5.41) is 0. The molecule has 180 valence electrons. The molecule has 0 saturated carbocycles. The average molecular weight is 517 g/mol. The van der Waals surface area contributed by atoms with E-state index >= 15 is 0 Å². The lowest BCUT2D eigenvalue weighted by Gasteiger charge is -2.23. The molecule has 6 nitrogen and oxygen atoms in total. The Morgan fingerprint density at radius 1 is 0.444 bits per heavy atom. The molecule has 0 atom stereocenters. The summed E-state index contributed by atoms with van der Waals surface area (Å²) < 4.78 is 53.9. The van der Waals surface area contributed by atoms with Gasteiger partial charge in [0.2, 0.25) is 0 Å². The molecule has 0 N–H and O–H groups in total. The van der Waals surface area contributed by atoms with Crippen molar-refractivity contribution in [3.63, 3.8) is 0 Å². The lowest BCUT2D eigenvalue weighted by molar-refractivity contribution is 0.0974. The minimum absolute atomic E-state index is 0.0452. The van der Waals surface area contributed by atoms with Crippen LogP contribution < -0.4 is 0 Å². The maximum atomic E-state index is 13.6. The van der Waals surface area contributed by atoms with Crippen molar-refractivity contribution >= 4 is 31.2 Å². The topological polar surface area (TPSA) is 102 Å². The molecule has 4 aromatic rings. The smallest absolute Gasteiger partial charge is 0.195 e. The molecule has 1 aliphatic carbocycles. The van der Waals surface area contributed by atoms with Gasteiger partial charge in [0.1, 0.15) is 0 Å². The van der Waals surface area contributed by atoms with Gasteiger partial charge in [0, 0.05) is 11.1 Å². The highest BCUT2D eigenvalue weighted by Gasteiger charge is 2.39. The van der Waals surface area contributed by atoms with Gasteiger partial charge in [-0.05, 0) is 23.3 Å². The second kappa shape index (κ2) is 8.96. The Balaban J connectivity index is 1.74. The molecule has 8 heteroatoms. The zero-order valence-electron chi connectivity index (χ0n) is 18.9. The van der Waals surface area contributed by atoms with Crippen molar-refractivity contribution in [1.82, 2.24) is 0 Å². The number of benzene rings is 4. The van der Waals surface area contributed by atoms with Crippen LogP contribution in [0.4, 0.5) is 0 Å². The molecule has 5 rings (SSSR count). The van der Waals surface area contributed by atoms with E-state index in [0.717, 1.165) is 12.1 Å². The summed E-state index contributed by atoms with van der Waals surface area (Å²) in [6.45, 7) is 0. The summed E-state index contributed by atoms with van der Waals surface area (Å²) in [5.74, 6) is -2.19. The number of fused-ring (bicyclic) bond motifs is 2. The van der Waals surface area contributed by atoms with Crippen molar-refractivity contribution in [2.24, 2.45) is 0 Å². The number of carbonyl (C=O) groups is 2. The molecule has 0 fully saturated rings. The molecule has 0 amide bonds. The third-order valence-electron chi connectivity index (χ3n) is 6.07. The summed E-state index contributed by atoms with van der Waals surface area (Å²) in [6.07, 6.45) is 0. The normalized spacial score (nSPS) is 13.2. The number of carbonyl (C=O) groups excluding carboxylic acids is 2. The van der Waals surface area contributed by atoms with Crippen LogP contribution >= 0.6 is 0 Å². The monoisotopic (exact) mass is 516 g/mol. The molecule has 1 aliphatic rings. The summed E-state index contributed by atoms with van der Waals surface area (Å²) in [7, 11) is -8.21. The van der Waals surface area contributed by atoms with Crippen LogP contribution in [0.15, 0.2) is 107 Å². The lowest BCUT2D eigenvalue weighted by Crippen LogP contribution is -2.27. The van der Waals surface area contributed by atoms with Crippen LogP contribution in [-0.2, 0) is 31.2 Å². The van der Waals surface area contributed by atoms with Crippen molar-refractivity contribution in [2.75, 3.05) is 0 Å². The number of hydrogen-bond acceptors (Lipinski definition) is 6. The Labute approximate surface area is 209 Å². The van der Waals surface area contributed by atoms with Gasteiger partial charge < -0.3 is 0 Å². The second-order valence-corrected chi connectivity index (χ2v) is 12.4. The fraction of sp³-hybridized carbons (Fsp3) is 0.0714. The minimum atomic E-state index is -4.10. The van der Waals surface area contributed by atoms with Gasteiger partial charge in [-0.2, -0.15) is 0 Å². The van der Waals surface area contributed by atoms with Crippen molar-refractivity contribution in [3.05, 3.63) is 130 Å². The van der Waals surface area contributed by atoms with Gasteiger partial charge in [-0.1, -0.05) is 84.9 Å². The zero-order chi connectivity index (χ0) is 25.5. The first-order valence-electron chi connectivity index (χ1n) is 11.1. The molecule has 0 unspecified atom stereocenters. The first-order chi connectivity index (χ1) is 17.2. The fourth-order valence-corrected chi connectivity index (χ4v) is 7.56. The van der Waals surface area contributed by atoms with Crippen LogP contribution in [0.5, 0.6) is 0 Å². The number of hydrogen-bond donors (Lipinski definition) is 0. The van der Waals surface area contributed by atoms with Crippen molar-refractivity contribution in [3.8, 4) is 0 Å². The molecule has 0 radical (unpaired) electrons. The molecule has 0 bridgehead atoms. The van der Waals surface area contributed by atoms with Crippen molar-refractivity contribution < 1.29 is 26.4 Å². The van der Waals surface area contributed by atoms with E-state index in [4.69, 9.17) is 0 Å². The van der Waals surface area contributed by atoms with E-state index in [1.165, 1.54) is 12.1 Å². The third-order valence-corrected chi connectivity index (χ3v) is 9.52. The Morgan fingerprint density at radius 3 is 1.14 bits per heavy atom. The van der Waals surface area contributed by atoms with E-state index in [2.05, 4.69) is 0 Å². The van der Waals surface area contributed by atoms with Crippen molar-refractivity contribution in [1.29, 1.82) is 0 Å². The predicted molar refractivity (Wildman–Crippen MR) is 134 cm³/mol. The van der Waals surface area contributed by atoms with Gasteiger partial charge in [-0.25, -0.2) is 16.8 Å². The second-order valence-electron chi connectivity index (χ2n) is 8.51. The van der Waals surface area contributed by atoms with Crippen LogP contribution in [0.1, 0.15) is 43.0 Å². The summed E-state index contributed by atoms with van der Waals surface area (Å²) in [4.78, 5) is 26.5. The standard InChI is InChI=1S/C28H20O6S2/c29-27-21-13-7-8-14-22(21)28(30)26-24(36(33,34)18-20-11-5-2-6-12-20)16-15-23(25(26)27)35(31,32)17-19-9-3-1-4-10-19/h1-16H,17-18H2. The molecular weight excluding hydrogens is 496 g/mol. The van der Waals surface area contributed by atoms with Crippen LogP contribution in [-0.4, -0.2) is 28.4 Å². The predicted octanol–water partition coefficient (Wildman–Crippen LogP) is 4.41. The van der Waals surface area contributed by atoms with Gasteiger partial charge >= 0.3 is 0 Å². The quantitative estimate of drug-likeness (QED) is 0.331. The molecule has 4 aromatic carbocycles. The maximum absolute atomic E-state index is 13.6. The largest absolute Gasteiger partial charge is 0.289 e. The maximum Gasteiger partial charge on any atom is 0.195 e. The SMILES string of the molecule is O=C1c2ccccc2C(=O)c2c(S(=O)(=O)Cc3ccccc3)ccc(S(=O)(=O)Cc3ccccc3)c21. The van der Waals surface area contributed by atoms with Gasteiger partial charge in [-0.15, -0.1) is 0 Å². The molecule has 36 heavy (non-hydrogen) atoms. The average Bonchev–Trinajstić information content (AvgIpc) is 2.87. The summed E-state index contributed by atoms with van der Waals surface area (Å²) in [5.41, 5.74) is 0.323. The fourth-order valence-electron chi connectivity index (χ4n) is 4.42. The van der Waals surface area contributed by atoms with Crippen molar-refractivity contribution in [2.45, 2.75) is 21.3 Å². The number of ketones is 2. The first-order valence-corrected chi connectivity index (χ1v) is 14.4. The molecule has 0 spiro atoms. The van der Waals surface area contributed by atoms with Gasteiger partial charge in [0.15, 0.2) is 31.2 Å². The molecule has 0 aromatic heterocycles. The summed E-state index contributed by atoms with van der Waals surface area (Å²) in [6, 6.07) is 25.2. The van der Waals surface area contributed by atoms with E-state index in [-0.39, 0.29) is 32.0 Å². The minimum Gasteiger partial charge on any atom is -0.289 e. The Hall–Kier alpha value is -3.88. The highest BCUT2D eigenvalue weighted by molar-refractivity contribution is 7.91. The van der Waals surface area contributed by atoms with Crippen LogP contribution in [0.2, 0.25) is 0 Å². The van der Waals surface area contributed by atoms with E-state index in [1.54, 1.807) is 72.8 Å². The van der Waals surface area contributed by atoms with Gasteiger partial charge in [0.05, 0.1) is 32.4 Å². The first kappa shape index (κ1) is 23.8. The summed E-state index contributed by atoms with van der Waals surface area (Å²) >= 11 is 0. The van der Waals surface area contributed by atoms with Gasteiger partial charge in [0.25, 0.3) is 0 Å². The zero-order valence-corrected chi connectivity index (χ0v) is 20.6. The number of sulfone groups is 2. The molecule has 0 aliphatic heterocycles.